The molecule has 1 aliphatic rings. The third-order valence-corrected chi connectivity index (χ3v) is 2.76. The molecule has 1 aliphatic heterocycles. The zero-order chi connectivity index (χ0) is 10.8. The van der Waals surface area contributed by atoms with Crippen molar-refractivity contribution >= 4 is 11.8 Å². The Bertz CT molecular complexity index is 386. The fourth-order valence-corrected chi connectivity index (χ4v) is 1.96. The van der Waals surface area contributed by atoms with Crippen molar-refractivity contribution in [3.05, 3.63) is 35.9 Å². The summed E-state index contributed by atoms with van der Waals surface area (Å²) >= 11 is 0. The number of carbonyl (C=O) groups is 2. The van der Waals surface area contributed by atoms with Crippen LogP contribution in [-0.2, 0) is 9.59 Å². The summed E-state index contributed by atoms with van der Waals surface area (Å²) in [5, 5.41) is 0. The smallest absolute Gasteiger partial charge is 0.237 e. The Morgan fingerprint density at radius 3 is 2.47 bits per heavy atom. The van der Waals surface area contributed by atoms with Gasteiger partial charge in [-0.05, 0) is 12.5 Å². The number of nitrogens with zero attached hydrogens (tertiary/aromatic N) is 1. The van der Waals surface area contributed by atoms with Crippen LogP contribution in [0.2, 0.25) is 0 Å². The van der Waals surface area contributed by atoms with E-state index in [1.807, 2.05) is 37.3 Å². The lowest BCUT2D eigenvalue weighted by Crippen LogP contribution is -2.29. The number of carbonyl (C=O) groups excluding carboxylic acids is 2. The van der Waals surface area contributed by atoms with Crippen LogP contribution in [-0.4, -0.2) is 23.3 Å². The first-order valence-corrected chi connectivity index (χ1v) is 5.13. The minimum Gasteiger partial charge on any atom is -0.282 e. The van der Waals surface area contributed by atoms with Gasteiger partial charge in [-0.15, -0.1) is 0 Å². The van der Waals surface area contributed by atoms with Gasteiger partial charge in [0.05, 0.1) is 5.92 Å². The highest BCUT2D eigenvalue weighted by molar-refractivity contribution is 6.06. The van der Waals surface area contributed by atoms with Gasteiger partial charge in [0, 0.05) is 13.0 Å². The predicted molar refractivity (Wildman–Crippen MR) is 56.2 cm³/mol. The van der Waals surface area contributed by atoms with Crippen LogP contribution in [0.5, 0.6) is 0 Å². The van der Waals surface area contributed by atoms with E-state index in [-0.39, 0.29) is 17.7 Å². The van der Waals surface area contributed by atoms with E-state index in [1.54, 1.807) is 0 Å². The van der Waals surface area contributed by atoms with E-state index in [0.717, 1.165) is 5.56 Å². The average molecular weight is 203 g/mol. The largest absolute Gasteiger partial charge is 0.282 e. The standard InChI is InChI=1S/C12H13NO2/c1-2-13-11(14)8-10(12(13)15)9-6-4-3-5-7-9/h3-7,10H,2,8H2,1H3/t10-/m0/s1. The molecule has 2 amide bonds. The molecule has 0 unspecified atom stereocenters. The molecule has 1 aromatic rings. The molecular formula is C12H13NO2. The summed E-state index contributed by atoms with van der Waals surface area (Å²) in [4.78, 5) is 24.7. The summed E-state index contributed by atoms with van der Waals surface area (Å²) in [5.74, 6) is -0.385. The Kier molecular flexibility index (Phi) is 2.54. The Morgan fingerprint density at radius 2 is 1.93 bits per heavy atom. The lowest BCUT2D eigenvalue weighted by Gasteiger charge is -2.11. The molecule has 0 saturated carbocycles. The van der Waals surface area contributed by atoms with Gasteiger partial charge in [0.15, 0.2) is 0 Å². The van der Waals surface area contributed by atoms with E-state index in [0.29, 0.717) is 13.0 Å². The van der Waals surface area contributed by atoms with Gasteiger partial charge < -0.3 is 0 Å². The third kappa shape index (κ3) is 1.65. The Labute approximate surface area is 88.7 Å². The summed E-state index contributed by atoms with van der Waals surface area (Å²) in [6.45, 7) is 2.30. The van der Waals surface area contributed by atoms with E-state index < -0.39 is 0 Å². The molecule has 0 bridgehead atoms. The molecule has 15 heavy (non-hydrogen) atoms. The fraction of sp³-hybridized carbons (Fsp3) is 0.333. The van der Waals surface area contributed by atoms with Crippen molar-refractivity contribution in [2.75, 3.05) is 6.54 Å². The molecule has 0 radical (unpaired) electrons. The second-order valence-corrected chi connectivity index (χ2v) is 3.64. The van der Waals surface area contributed by atoms with Crippen LogP contribution in [0.1, 0.15) is 24.8 Å². The topological polar surface area (TPSA) is 37.4 Å². The van der Waals surface area contributed by atoms with Gasteiger partial charge in [0.2, 0.25) is 11.8 Å². The maximum absolute atomic E-state index is 11.9. The van der Waals surface area contributed by atoms with Gasteiger partial charge in [0.25, 0.3) is 0 Å². The summed E-state index contributed by atoms with van der Waals surface area (Å²) in [5.41, 5.74) is 0.937. The molecule has 0 spiro atoms. The second-order valence-electron chi connectivity index (χ2n) is 3.64. The SMILES string of the molecule is CCN1C(=O)C[C@@H](c2ccccc2)C1=O. The van der Waals surface area contributed by atoms with Crippen LogP contribution < -0.4 is 0 Å². The molecule has 1 saturated heterocycles. The number of benzene rings is 1. The minimum atomic E-state index is -0.265. The van der Waals surface area contributed by atoms with E-state index >= 15 is 0 Å². The van der Waals surface area contributed by atoms with Crippen molar-refractivity contribution in [3.63, 3.8) is 0 Å². The van der Waals surface area contributed by atoms with Crippen LogP contribution in [0.25, 0.3) is 0 Å². The number of hydrogen-bond acceptors (Lipinski definition) is 2. The molecule has 2 rings (SSSR count). The van der Waals surface area contributed by atoms with Crippen molar-refractivity contribution in [1.82, 2.24) is 4.90 Å². The second kappa shape index (κ2) is 3.85. The van der Waals surface area contributed by atoms with Crippen molar-refractivity contribution in [2.24, 2.45) is 0 Å². The molecule has 3 nitrogen and oxygen atoms in total. The fourth-order valence-electron chi connectivity index (χ4n) is 1.96. The summed E-state index contributed by atoms with van der Waals surface area (Å²) in [6.07, 6.45) is 0.316. The normalized spacial score (nSPS) is 21.1. The molecular weight excluding hydrogens is 190 g/mol. The molecule has 1 atom stereocenters. The summed E-state index contributed by atoms with van der Waals surface area (Å²) in [7, 11) is 0. The van der Waals surface area contributed by atoms with Gasteiger partial charge in [-0.1, -0.05) is 30.3 Å². The lowest BCUT2D eigenvalue weighted by molar-refractivity contribution is -0.138. The van der Waals surface area contributed by atoms with Crippen LogP contribution in [0.3, 0.4) is 0 Å². The number of amides is 2. The van der Waals surface area contributed by atoms with E-state index in [2.05, 4.69) is 0 Å². The van der Waals surface area contributed by atoms with Gasteiger partial charge in [0.1, 0.15) is 0 Å². The Balaban J connectivity index is 2.27. The monoisotopic (exact) mass is 203 g/mol. The first-order chi connectivity index (χ1) is 7.24. The zero-order valence-corrected chi connectivity index (χ0v) is 8.64. The average Bonchev–Trinajstić information content (AvgIpc) is 2.55. The van der Waals surface area contributed by atoms with Crippen molar-refractivity contribution < 1.29 is 9.59 Å². The molecule has 1 heterocycles. The minimum absolute atomic E-state index is 0.0589. The number of hydrogen-bond donors (Lipinski definition) is 0. The number of likely N-dealkylation sites (N-methyl/N-ethyl adjacent to an activating group) is 1. The Morgan fingerprint density at radius 1 is 1.27 bits per heavy atom. The Hall–Kier alpha value is -1.64. The van der Waals surface area contributed by atoms with E-state index in [9.17, 15) is 9.59 Å². The first kappa shape index (κ1) is 9.90. The van der Waals surface area contributed by atoms with Crippen molar-refractivity contribution in [3.8, 4) is 0 Å². The van der Waals surface area contributed by atoms with Gasteiger partial charge in [-0.25, -0.2) is 0 Å². The highest BCUT2D eigenvalue weighted by atomic mass is 16.2. The lowest BCUT2D eigenvalue weighted by atomic mass is 9.98. The summed E-state index contributed by atoms with van der Waals surface area (Å²) in [6, 6.07) is 9.48. The number of likely N-dealkylation sites (tertiary alicyclic amines) is 1. The van der Waals surface area contributed by atoms with Gasteiger partial charge in [-0.2, -0.15) is 0 Å². The molecule has 0 aliphatic carbocycles. The molecule has 1 fully saturated rings. The van der Waals surface area contributed by atoms with E-state index in [1.165, 1.54) is 4.90 Å². The number of rotatable bonds is 2. The number of imide groups is 1. The molecule has 0 aromatic heterocycles. The zero-order valence-electron chi connectivity index (χ0n) is 8.64. The first-order valence-electron chi connectivity index (χ1n) is 5.13. The van der Waals surface area contributed by atoms with Crippen LogP contribution in [0.15, 0.2) is 30.3 Å². The predicted octanol–water partition coefficient (Wildman–Crippen LogP) is 1.55. The molecule has 3 heteroatoms. The maximum Gasteiger partial charge on any atom is 0.237 e. The van der Waals surface area contributed by atoms with E-state index in [4.69, 9.17) is 0 Å². The van der Waals surface area contributed by atoms with Crippen LogP contribution >= 0.6 is 0 Å². The van der Waals surface area contributed by atoms with Gasteiger partial charge in [-0.3, -0.25) is 14.5 Å². The molecule has 1 aromatic carbocycles. The van der Waals surface area contributed by atoms with Crippen molar-refractivity contribution in [1.29, 1.82) is 0 Å². The highest BCUT2D eigenvalue weighted by Crippen LogP contribution is 2.28. The van der Waals surface area contributed by atoms with Gasteiger partial charge >= 0.3 is 0 Å². The van der Waals surface area contributed by atoms with Crippen LogP contribution in [0.4, 0.5) is 0 Å². The maximum atomic E-state index is 11.9. The third-order valence-electron chi connectivity index (χ3n) is 2.76. The van der Waals surface area contributed by atoms with Crippen molar-refractivity contribution in [2.45, 2.75) is 19.3 Å². The highest BCUT2D eigenvalue weighted by Gasteiger charge is 2.38. The molecule has 78 valence electrons. The quantitative estimate of drug-likeness (QED) is 0.684. The van der Waals surface area contributed by atoms with Crippen LogP contribution in [0, 0.1) is 0 Å². The summed E-state index contributed by atoms with van der Waals surface area (Å²) < 4.78 is 0. The molecule has 0 N–H and O–H groups in total.